The molecule has 6 rings (SSSR count). The summed E-state index contributed by atoms with van der Waals surface area (Å²) in [6.45, 7) is 9.65. The van der Waals surface area contributed by atoms with Crippen molar-refractivity contribution < 1.29 is 43.8 Å². The number of anilines is 1. The number of benzene rings is 1. The summed E-state index contributed by atoms with van der Waals surface area (Å²) in [6.07, 6.45) is 3.44. The fraction of sp³-hybridized carbons (Fsp3) is 0.704. The molecule has 5 fully saturated rings. The zero-order valence-corrected chi connectivity index (χ0v) is 22.3. The maximum atomic E-state index is 9.10. The van der Waals surface area contributed by atoms with Crippen LogP contribution in [-0.2, 0) is 33.6 Å². The number of rotatable bonds is 8. The molecule has 1 saturated carbocycles. The molecular formula is C27H40N2O9. The molecule has 38 heavy (non-hydrogen) atoms. The Morgan fingerprint density at radius 2 is 1.74 bits per heavy atom. The van der Waals surface area contributed by atoms with Crippen LogP contribution in [-0.4, -0.2) is 72.4 Å². The number of hydrogen-bond acceptors (Lipinski definition) is 9. The van der Waals surface area contributed by atoms with Crippen molar-refractivity contribution in [3.05, 3.63) is 30.3 Å². The Bertz CT molecular complexity index is 938. The lowest BCUT2D eigenvalue weighted by Gasteiger charge is -2.60. The number of carboxylic acid groups (broad SMARTS) is 2. The average Bonchev–Trinajstić information content (AvgIpc) is 3.13. The highest BCUT2D eigenvalue weighted by molar-refractivity contribution is 6.27. The summed E-state index contributed by atoms with van der Waals surface area (Å²) in [5.41, 5.74) is 0.621. The zero-order chi connectivity index (χ0) is 27.3. The van der Waals surface area contributed by atoms with Crippen LogP contribution in [0.25, 0.3) is 0 Å². The number of aliphatic carboxylic acids is 2. The quantitative estimate of drug-likeness (QED) is 0.221. The standard InChI is InChI=1S/C25H38N2O5.C2H2O4/c1-17-9-10-21-18(2)22(28-16-15-26-13-14-27-19-7-5-4-6-8-19)29-23-25(21)20(17)11-12-24(3,30-23)31-32-25;3-1(4)2(5)6/h4-8,17-18,20-23,26-27H,9-16H2,1-3H3;(H,3,4)(H,5,6)/t17-,18-,20+,21+,22+,23-,24-,25-;/m1./s1. The van der Waals surface area contributed by atoms with Crippen LogP contribution in [0, 0.1) is 23.7 Å². The van der Waals surface area contributed by atoms with Crippen LogP contribution in [0.5, 0.6) is 0 Å². The van der Waals surface area contributed by atoms with Crippen LogP contribution in [0.3, 0.4) is 0 Å². The molecule has 1 aliphatic carbocycles. The van der Waals surface area contributed by atoms with E-state index in [9.17, 15) is 0 Å². The third-order valence-electron chi connectivity index (χ3n) is 8.25. The molecule has 4 saturated heterocycles. The highest BCUT2D eigenvalue weighted by Crippen LogP contribution is 2.60. The molecule has 4 aliphatic heterocycles. The number of fused-ring (bicyclic) bond motifs is 2. The maximum Gasteiger partial charge on any atom is 0.414 e. The first kappa shape index (κ1) is 28.7. The second-order valence-corrected chi connectivity index (χ2v) is 10.8. The summed E-state index contributed by atoms with van der Waals surface area (Å²) >= 11 is 0. The van der Waals surface area contributed by atoms with Gasteiger partial charge in [-0.3, -0.25) is 0 Å². The Kier molecular flexibility index (Phi) is 9.27. The van der Waals surface area contributed by atoms with Crippen LogP contribution in [0.15, 0.2) is 30.3 Å². The van der Waals surface area contributed by atoms with Gasteiger partial charge in [0, 0.05) is 43.6 Å². The van der Waals surface area contributed by atoms with Crippen LogP contribution in [0.4, 0.5) is 5.69 Å². The van der Waals surface area contributed by atoms with Crippen molar-refractivity contribution in [2.75, 3.05) is 31.6 Å². The van der Waals surface area contributed by atoms with Gasteiger partial charge >= 0.3 is 11.9 Å². The summed E-state index contributed by atoms with van der Waals surface area (Å²) in [5, 5.41) is 21.6. The predicted octanol–water partition coefficient (Wildman–Crippen LogP) is 3.07. The van der Waals surface area contributed by atoms with Gasteiger partial charge in [0.25, 0.3) is 0 Å². The molecule has 0 radical (unpaired) electrons. The third-order valence-corrected chi connectivity index (χ3v) is 8.25. The van der Waals surface area contributed by atoms with Gasteiger partial charge in [0.15, 0.2) is 18.2 Å². The van der Waals surface area contributed by atoms with E-state index in [0.29, 0.717) is 24.4 Å². The van der Waals surface area contributed by atoms with E-state index >= 15 is 0 Å². The van der Waals surface area contributed by atoms with Crippen LogP contribution in [0.2, 0.25) is 0 Å². The molecule has 1 spiro atoms. The Hall–Kier alpha value is -2.28. The van der Waals surface area contributed by atoms with Crippen molar-refractivity contribution in [1.82, 2.24) is 5.32 Å². The first-order chi connectivity index (χ1) is 18.2. The molecule has 212 valence electrons. The van der Waals surface area contributed by atoms with E-state index in [4.69, 9.17) is 43.8 Å². The minimum Gasteiger partial charge on any atom is -0.473 e. The van der Waals surface area contributed by atoms with Gasteiger partial charge in [0.05, 0.1) is 6.61 Å². The number of nitrogens with one attached hydrogen (secondary N) is 2. The van der Waals surface area contributed by atoms with Crippen molar-refractivity contribution in [3.63, 3.8) is 0 Å². The zero-order valence-electron chi connectivity index (χ0n) is 22.3. The summed E-state index contributed by atoms with van der Waals surface area (Å²) in [6, 6.07) is 10.2. The lowest BCUT2D eigenvalue weighted by atomic mass is 9.58. The van der Waals surface area contributed by atoms with Gasteiger partial charge < -0.3 is 35.1 Å². The van der Waals surface area contributed by atoms with Gasteiger partial charge in [0.1, 0.15) is 0 Å². The molecule has 2 bridgehead atoms. The first-order valence-corrected chi connectivity index (χ1v) is 13.4. The van der Waals surface area contributed by atoms with Crippen molar-refractivity contribution in [1.29, 1.82) is 0 Å². The van der Waals surface area contributed by atoms with Crippen LogP contribution >= 0.6 is 0 Å². The fourth-order valence-electron chi connectivity index (χ4n) is 6.29. The SMILES string of the molecule is C[C@H]1[C@@H](OCCNCCNc2ccccc2)O[C@@H]2O[C@@]3(C)CC[C@H]4[C@H](C)CC[C@@H]1[C@@]24OO3.O=C(O)C(=O)O. The molecule has 11 nitrogen and oxygen atoms in total. The molecule has 4 heterocycles. The summed E-state index contributed by atoms with van der Waals surface area (Å²) in [7, 11) is 0. The monoisotopic (exact) mass is 536 g/mol. The van der Waals surface area contributed by atoms with Crippen molar-refractivity contribution in [2.24, 2.45) is 23.7 Å². The largest absolute Gasteiger partial charge is 0.473 e. The van der Waals surface area contributed by atoms with Gasteiger partial charge in [-0.05, 0) is 50.2 Å². The molecule has 5 aliphatic rings. The highest BCUT2D eigenvalue weighted by Gasteiger charge is 2.69. The second-order valence-electron chi connectivity index (χ2n) is 10.8. The predicted molar refractivity (Wildman–Crippen MR) is 136 cm³/mol. The van der Waals surface area contributed by atoms with Gasteiger partial charge in [-0.25, -0.2) is 19.4 Å². The lowest BCUT2D eigenvalue weighted by Crippen LogP contribution is -2.70. The molecule has 1 aromatic carbocycles. The van der Waals surface area contributed by atoms with E-state index in [0.717, 1.165) is 44.6 Å². The topological polar surface area (TPSA) is 145 Å². The molecule has 0 amide bonds. The third kappa shape index (κ3) is 6.13. The van der Waals surface area contributed by atoms with E-state index in [-0.39, 0.29) is 12.2 Å². The van der Waals surface area contributed by atoms with Gasteiger partial charge in [-0.2, -0.15) is 0 Å². The highest BCUT2D eigenvalue weighted by atomic mass is 17.3. The smallest absolute Gasteiger partial charge is 0.414 e. The molecule has 1 aromatic rings. The Morgan fingerprint density at radius 3 is 2.45 bits per heavy atom. The van der Waals surface area contributed by atoms with Crippen molar-refractivity contribution in [3.8, 4) is 0 Å². The van der Waals surface area contributed by atoms with E-state index in [1.165, 1.54) is 6.42 Å². The number of para-hydroxylation sites is 1. The summed E-state index contributed by atoms with van der Waals surface area (Å²) < 4.78 is 19.1. The number of carboxylic acids is 2. The van der Waals surface area contributed by atoms with E-state index < -0.39 is 29.6 Å². The molecule has 0 aromatic heterocycles. The minimum absolute atomic E-state index is 0.218. The van der Waals surface area contributed by atoms with E-state index in [1.807, 2.05) is 25.1 Å². The van der Waals surface area contributed by atoms with Gasteiger partial charge in [0.2, 0.25) is 5.79 Å². The summed E-state index contributed by atoms with van der Waals surface area (Å²) in [4.78, 5) is 30.3. The molecule has 11 heteroatoms. The number of ether oxygens (including phenoxy) is 3. The molecule has 8 atom stereocenters. The van der Waals surface area contributed by atoms with Crippen molar-refractivity contribution >= 4 is 17.6 Å². The maximum absolute atomic E-state index is 9.10. The Labute approximate surface area is 223 Å². The molecular weight excluding hydrogens is 496 g/mol. The van der Waals surface area contributed by atoms with Crippen LogP contribution < -0.4 is 10.6 Å². The average molecular weight is 537 g/mol. The Morgan fingerprint density at radius 1 is 1.00 bits per heavy atom. The second kappa shape index (κ2) is 12.3. The molecule has 0 unspecified atom stereocenters. The minimum atomic E-state index is -1.82. The Balaban J connectivity index is 0.000000505. The number of hydrogen-bond donors (Lipinski definition) is 4. The van der Waals surface area contributed by atoms with E-state index in [1.54, 1.807) is 0 Å². The molecule has 4 N–H and O–H groups in total. The normalized spacial score (nSPS) is 37.2. The van der Waals surface area contributed by atoms with E-state index in [2.05, 4.69) is 36.6 Å². The fourth-order valence-corrected chi connectivity index (χ4v) is 6.29. The van der Waals surface area contributed by atoms with Gasteiger partial charge in [-0.15, -0.1) is 0 Å². The van der Waals surface area contributed by atoms with Crippen LogP contribution in [0.1, 0.15) is 46.5 Å². The lowest BCUT2D eigenvalue weighted by molar-refractivity contribution is -0.577. The first-order valence-electron chi connectivity index (χ1n) is 13.4. The number of carbonyl (C=O) groups is 2. The summed E-state index contributed by atoms with van der Waals surface area (Å²) in [5.74, 6) is -2.91. The van der Waals surface area contributed by atoms with Gasteiger partial charge in [-0.1, -0.05) is 32.0 Å². The van der Waals surface area contributed by atoms with Crippen molar-refractivity contribution in [2.45, 2.75) is 70.4 Å².